The standard InChI is InChI=1S/C22H20N2O7S2/c1-29-15-5-3-4-14(12-15)20(27)23-24-21(28)18(33-22(24)32)11-13-6-7-16(17(10-13)30-2)31-9-8-19(25)26/h3-7,10-12H,8-9H2,1-2H3,(H,23,27)(H,25,26)/b18-11+. The summed E-state index contributed by atoms with van der Waals surface area (Å²) in [6.45, 7) is -0.00329. The van der Waals surface area contributed by atoms with Gasteiger partial charge in [0.05, 0.1) is 32.2 Å². The van der Waals surface area contributed by atoms with E-state index in [4.69, 9.17) is 31.5 Å². The SMILES string of the molecule is COc1cccc(C(=O)NN2C(=O)/C(=C\c3ccc(OCCC(=O)O)c(OC)c3)SC2=S)c1. The first-order chi connectivity index (χ1) is 15.8. The van der Waals surface area contributed by atoms with Crippen LogP contribution in [0.3, 0.4) is 0 Å². The Hall–Kier alpha value is -3.57. The Bertz CT molecular complexity index is 1130. The van der Waals surface area contributed by atoms with Crippen LogP contribution in [0.5, 0.6) is 17.2 Å². The van der Waals surface area contributed by atoms with Crippen molar-refractivity contribution >= 4 is 52.2 Å². The summed E-state index contributed by atoms with van der Waals surface area (Å²) >= 11 is 6.31. The molecule has 2 N–H and O–H groups in total. The molecule has 1 aliphatic rings. The van der Waals surface area contributed by atoms with Gasteiger partial charge in [-0.15, -0.1) is 0 Å². The van der Waals surface area contributed by atoms with Gasteiger partial charge in [0, 0.05) is 5.56 Å². The van der Waals surface area contributed by atoms with Gasteiger partial charge in [0.15, 0.2) is 15.8 Å². The van der Waals surface area contributed by atoms with Crippen molar-refractivity contribution in [2.24, 2.45) is 0 Å². The molecule has 33 heavy (non-hydrogen) atoms. The number of benzene rings is 2. The van der Waals surface area contributed by atoms with E-state index in [2.05, 4.69) is 5.43 Å². The molecule has 0 unspecified atom stereocenters. The number of hydrogen-bond acceptors (Lipinski definition) is 8. The van der Waals surface area contributed by atoms with Crippen LogP contribution in [-0.4, -0.2) is 53.0 Å². The zero-order chi connectivity index (χ0) is 24.0. The van der Waals surface area contributed by atoms with Crippen LogP contribution >= 0.6 is 24.0 Å². The number of aliphatic carboxylic acids is 1. The number of thioether (sulfide) groups is 1. The summed E-state index contributed by atoms with van der Waals surface area (Å²) in [6, 6.07) is 11.5. The Balaban J connectivity index is 1.73. The molecule has 9 nitrogen and oxygen atoms in total. The molecule has 0 spiro atoms. The van der Waals surface area contributed by atoms with Crippen LogP contribution in [0.1, 0.15) is 22.3 Å². The predicted molar refractivity (Wildman–Crippen MR) is 126 cm³/mol. The molecular weight excluding hydrogens is 468 g/mol. The number of hydrogen-bond donors (Lipinski definition) is 2. The van der Waals surface area contributed by atoms with E-state index < -0.39 is 17.8 Å². The minimum absolute atomic E-state index is 0.00329. The van der Waals surface area contributed by atoms with E-state index in [1.54, 1.807) is 48.5 Å². The van der Waals surface area contributed by atoms with Crippen LogP contribution < -0.4 is 19.6 Å². The molecule has 0 radical (unpaired) electrons. The minimum atomic E-state index is -0.967. The van der Waals surface area contributed by atoms with E-state index in [0.29, 0.717) is 33.3 Å². The highest BCUT2D eigenvalue weighted by molar-refractivity contribution is 8.26. The van der Waals surface area contributed by atoms with E-state index in [-0.39, 0.29) is 17.3 Å². The third-order valence-corrected chi connectivity index (χ3v) is 5.70. The summed E-state index contributed by atoms with van der Waals surface area (Å²) in [4.78, 5) is 36.4. The van der Waals surface area contributed by atoms with E-state index in [0.717, 1.165) is 16.8 Å². The van der Waals surface area contributed by atoms with Crippen molar-refractivity contribution in [3.05, 3.63) is 58.5 Å². The van der Waals surface area contributed by atoms with Gasteiger partial charge in [-0.05, 0) is 54.2 Å². The number of carbonyl (C=O) groups excluding carboxylic acids is 2. The van der Waals surface area contributed by atoms with Gasteiger partial charge in [0.25, 0.3) is 11.8 Å². The first kappa shape index (κ1) is 24.1. The lowest BCUT2D eigenvalue weighted by molar-refractivity contribution is -0.137. The van der Waals surface area contributed by atoms with Crippen molar-refractivity contribution in [1.82, 2.24) is 10.4 Å². The average molecular weight is 489 g/mol. The summed E-state index contributed by atoms with van der Waals surface area (Å²) in [6.07, 6.45) is 1.47. The molecule has 0 bridgehead atoms. The number of rotatable bonds is 9. The fourth-order valence-corrected chi connectivity index (χ4v) is 3.97. The van der Waals surface area contributed by atoms with Crippen LogP contribution in [0.25, 0.3) is 6.08 Å². The van der Waals surface area contributed by atoms with Crippen LogP contribution in [0.2, 0.25) is 0 Å². The third kappa shape index (κ3) is 6.02. The number of methoxy groups -OCH3 is 2. The Kier molecular flexibility index (Phi) is 7.91. The topological polar surface area (TPSA) is 114 Å². The molecule has 2 amide bonds. The number of nitrogens with one attached hydrogen (secondary N) is 1. The Morgan fingerprint density at radius 1 is 1.15 bits per heavy atom. The third-order valence-electron chi connectivity index (χ3n) is 4.40. The largest absolute Gasteiger partial charge is 0.497 e. The summed E-state index contributed by atoms with van der Waals surface area (Å²) in [5, 5.41) is 9.75. The Morgan fingerprint density at radius 2 is 1.94 bits per heavy atom. The molecule has 1 aliphatic heterocycles. The second kappa shape index (κ2) is 10.8. The summed E-state index contributed by atoms with van der Waals surface area (Å²) in [5.41, 5.74) is 3.47. The van der Waals surface area contributed by atoms with Crippen molar-refractivity contribution in [2.75, 3.05) is 20.8 Å². The van der Waals surface area contributed by atoms with Gasteiger partial charge in [-0.25, -0.2) is 0 Å². The summed E-state index contributed by atoms with van der Waals surface area (Å²) in [7, 11) is 2.95. The molecule has 1 heterocycles. The molecule has 0 atom stereocenters. The van der Waals surface area contributed by atoms with Crippen molar-refractivity contribution < 1.29 is 33.7 Å². The molecule has 0 aromatic heterocycles. The quantitative estimate of drug-likeness (QED) is 0.406. The Labute approximate surface area is 199 Å². The lowest BCUT2D eigenvalue weighted by Gasteiger charge is -2.15. The molecule has 11 heteroatoms. The number of carboxylic acids is 1. The first-order valence-electron chi connectivity index (χ1n) is 9.58. The van der Waals surface area contributed by atoms with Crippen LogP contribution in [0.4, 0.5) is 0 Å². The number of nitrogens with zero attached hydrogens (tertiary/aromatic N) is 1. The molecule has 2 aromatic rings. The number of ether oxygens (including phenoxy) is 3. The maximum atomic E-state index is 12.8. The first-order valence-corrected chi connectivity index (χ1v) is 10.8. The molecule has 1 fully saturated rings. The van der Waals surface area contributed by atoms with E-state index in [9.17, 15) is 14.4 Å². The minimum Gasteiger partial charge on any atom is -0.497 e. The van der Waals surface area contributed by atoms with E-state index in [1.807, 2.05) is 0 Å². The monoisotopic (exact) mass is 488 g/mol. The van der Waals surface area contributed by atoms with Crippen molar-refractivity contribution in [2.45, 2.75) is 6.42 Å². The smallest absolute Gasteiger partial charge is 0.306 e. The van der Waals surface area contributed by atoms with Gasteiger partial charge in [0.1, 0.15) is 5.75 Å². The maximum Gasteiger partial charge on any atom is 0.306 e. The van der Waals surface area contributed by atoms with Crippen LogP contribution in [0, 0.1) is 0 Å². The highest BCUT2D eigenvalue weighted by Crippen LogP contribution is 2.34. The highest BCUT2D eigenvalue weighted by atomic mass is 32.2. The number of carbonyl (C=O) groups is 3. The maximum absolute atomic E-state index is 12.8. The molecule has 172 valence electrons. The predicted octanol–water partition coefficient (Wildman–Crippen LogP) is 3.10. The van der Waals surface area contributed by atoms with Gasteiger partial charge >= 0.3 is 5.97 Å². The molecule has 0 saturated carbocycles. The molecule has 1 saturated heterocycles. The van der Waals surface area contributed by atoms with Crippen LogP contribution in [-0.2, 0) is 9.59 Å². The van der Waals surface area contributed by atoms with Gasteiger partial charge < -0.3 is 19.3 Å². The lowest BCUT2D eigenvalue weighted by atomic mass is 10.2. The number of hydrazine groups is 1. The highest BCUT2D eigenvalue weighted by Gasteiger charge is 2.34. The Morgan fingerprint density at radius 3 is 2.64 bits per heavy atom. The number of amides is 2. The fraction of sp³-hybridized carbons (Fsp3) is 0.182. The number of carboxylic acid groups (broad SMARTS) is 1. The molecule has 2 aromatic carbocycles. The zero-order valence-corrected chi connectivity index (χ0v) is 19.3. The van der Waals surface area contributed by atoms with Crippen molar-refractivity contribution in [3.63, 3.8) is 0 Å². The van der Waals surface area contributed by atoms with Crippen molar-refractivity contribution in [3.8, 4) is 17.2 Å². The number of thiocarbonyl (C=S) groups is 1. The summed E-state index contributed by atoms with van der Waals surface area (Å²) in [5.74, 6) is -0.661. The van der Waals surface area contributed by atoms with Crippen molar-refractivity contribution in [1.29, 1.82) is 0 Å². The molecular formula is C22H20N2O7S2. The zero-order valence-electron chi connectivity index (χ0n) is 17.7. The fourth-order valence-electron chi connectivity index (χ4n) is 2.79. The average Bonchev–Trinajstić information content (AvgIpc) is 3.06. The van der Waals surface area contributed by atoms with Gasteiger partial charge in [-0.3, -0.25) is 19.8 Å². The van der Waals surface area contributed by atoms with E-state index >= 15 is 0 Å². The lowest BCUT2D eigenvalue weighted by Crippen LogP contribution is -2.44. The molecule has 0 aliphatic carbocycles. The second-order valence-electron chi connectivity index (χ2n) is 6.59. The van der Waals surface area contributed by atoms with Gasteiger partial charge in [0.2, 0.25) is 0 Å². The molecule has 3 rings (SSSR count). The second-order valence-corrected chi connectivity index (χ2v) is 8.27. The van der Waals surface area contributed by atoms with Crippen LogP contribution in [0.15, 0.2) is 47.4 Å². The summed E-state index contributed by atoms with van der Waals surface area (Å²) < 4.78 is 16.0. The normalized spacial score (nSPS) is 14.4. The van der Waals surface area contributed by atoms with E-state index in [1.165, 1.54) is 14.2 Å². The van der Waals surface area contributed by atoms with Gasteiger partial charge in [-0.1, -0.05) is 23.9 Å². The van der Waals surface area contributed by atoms with Gasteiger partial charge in [-0.2, -0.15) is 5.01 Å².